The Morgan fingerprint density at radius 3 is 2.36 bits per heavy atom. The minimum absolute atomic E-state index is 0.359. The Morgan fingerprint density at radius 2 is 1.79 bits per heavy atom. The molecule has 0 aliphatic heterocycles. The van der Waals surface area contributed by atoms with Crippen LogP contribution >= 0.6 is 0 Å². The van der Waals surface area contributed by atoms with Crippen molar-refractivity contribution in [3.8, 4) is 0 Å². The average molecular weight is 197 g/mol. The lowest BCUT2D eigenvalue weighted by Gasteiger charge is -2.32. The fourth-order valence-corrected chi connectivity index (χ4v) is 2.65. The molecule has 1 nitrogen and oxygen atoms in total. The van der Waals surface area contributed by atoms with Crippen LogP contribution in [0, 0.1) is 5.92 Å². The van der Waals surface area contributed by atoms with E-state index in [0.717, 1.165) is 5.92 Å². The Kier molecular flexibility index (Phi) is 4.94. The van der Waals surface area contributed by atoms with Crippen LogP contribution in [0.2, 0.25) is 0 Å². The Balaban J connectivity index is 2.25. The lowest BCUT2D eigenvalue weighted by atomic mass is 9.81. The fourth-order valence-electron chi connectivity index (χ4n) is 2.65. The highest BCUT2D eigenvalue weighted by Gasteiger charge is 2.23. The number of nitrogens with one attached hydrogen (secondary N) is 1. The molecule has 0 aromatic heterocycles. The van der Waals surface area contributed by atoms with Crippen LogP contribution in [0.5, 0.6) is 0 Å². The van der Waals surface area contributed by atoms with Gasteiger partial charge in [0.25, 0.3) is 0 Å². The van der Waals surface area contributed by atoms with Gasteiger partial charge >= 0.3 is 0 Å². The number of hydrogen-bond acceptors (Lipinski definition) is 1. The molecular weight excluding hydrogens is 170 g/mol. The molecule has 1 aliphatic carbocycles. The smallest absolute Gasteiger partial charge is 0.0127 e. The SMILES string of the molecule is CCCNC(C)(C)CC1CCCCC1. The van der Waals surface area contributed by atoms with Crippen LogP contribution in [0.1, 0.15) is 65.7 Å². The molecule has 0 radical (unpaired) electrons. The second-order valence-corrected chi connectivity index (χ2v) is 5.52. The third kappa shape index (κ3) is 4.45. The van der Waals surface area contributed by atoms with Crippen molar-refractivity contribution in [1.29, 1.82) is 0 Å². The molecular formula is C13H27N. The summed E-state index contributed by atoms with van der Waals surface area (Å²) in [4.78, 5) is 0. The molecule has 1 saturated carbocycles. The van der Waals surface area contributed by atoms with Crippen LogP contribution in [0.3, 0.4) is 0 Å². The Morgan fingerprint density at radius 1 is 1.14 bits per heavy atom. The predicted octanol–water partition coefficient (Wildman–Crippen LogP) is 3.74. The van der Waals surface area contributed by atoms with Gasteiger partial charge in [0.1, 0.15) is 0 Å². The highest BCUT2D eigenvalue weighted by molar-refractivity contribution is 4.82. The third-order valence-electron chi connectivity index (χ3n) is 3.38. The zero-order valence-corrected chi connectivity index (χ0v) is 10.2. The molecule has 1 N–H and O–H groups in total. The van der Waals surface area contributed by atoms with Gasteiger partial charge in [-0.2, -0.15) is 0 Å². The molecule has 0 amide bonds. The zero-order chi connectivity index (χ0) is 10.4. The summed E-state index contributed by atoms with van der Waals surface area (Å²) in [6.45, 7) is 8.12. The predicted molar refractivity (Wildman–Crippen MR) is 63.6 cm³/mol. The van der Waals surface area contributed by atoms with Crippen LogP contribution in [-0.4, -0.2) is 12.1 Å². The fraction of sp³-hybridized carbons (Fsp3) is 1.00. The highest BCUT2D eigenvalue weighted by Crippen LogP contribution is 2.30. The van der Waals surface area contributed by atoms with Gasteiger partial charge in [-0.25, -0.2) is 0 Å². The Labute approximate surface area is 89.7 Å². The average Bonchev–Trinajstić information content (AvgIpc) is 2.16. The molecule has 1 aliphatic rings. The maximum atomic E-state index is 3.66. The normalized spacial score (nSPS) is 19.9. The standard InChI is InChI=1S/C13H27N/c1-4-10-14-13(2,3)11-12-8-6-5-7-9-12/h12,14H,4-11H2,1-3H3. The first-order chi connectivity index (χ1) is 6.64. The van der Waals surface area contributed by atoms with Gasteiger partial charge in [0.2, 0.25) is 0 Å². The van der Waals surface area contributed by atoms with E-state index in [-0.39, 0.29) is 0 Å². The Hall–Kier alpha value is -0.0400. The van der Waals surface area contributed by atoms with E-state index in [2.05, 4.69) is 26.1 Å². The van der Waals surface area contributed by atoms with Crippen molar-refractivity contribution in [2.45, 2.75) is 71.3 Å². The summed E-state index contributed by atoms with van der Waals surface area (Å²) >= 11 is 0. The quantitative estimate of drug-likeness (QED) is 0.708. The number of hydrogen-bond donors (Lipinski definition) is 1. The monoisotopic (exact) mass is 197 g/mol. The summed E-state index contributed by atoms with van der Waals surface area (Å²) in [5.41, 5.74) is 0.359. The molecule has 0 bridgehead atoms. The van der Waals surface area contributed by atoms with Crippen molar-refractivity contribution in [2.24, 2.45) is 5.92 Å². The van der Waals surface area contributed by atoms with Crippen LogP contribution in [-0.2, 0) is 0 Å². The van der Waals surface area contributed by atoms with E-state index in [9.17, 15) is 0 Å². The van der Waals surface area contributed by atoms with Crippen LogP contribution in [0.25, 0.3) is 0 Å². The second kappa shape index (κ2) is 5.75. The van der Waals surface area contributed by atoms with Crippen molar-refractivity contribution in [2.75, 3.05) is 6.54 Å². The molecule has 84 valence electrons. The summed E-state index contributed by atoms with van der Waals surface area (Å²) in [6.07, 6.45) is 9.96. The van der Waals surface area contributed by atoms with E-state index in [1.807, 2.05) is 0 Å². The van der Waals surface area contributed by atoms with E-state index < -0.39 is 0 Å². The molecule has 1 heteroatoms. The summed E-state index contributed by atoms with van der Waals surface area (Å²) in [5, 5.41) is 3.66. The molecule has 0 atom stereocenters. The van der Waals surface area contributed by atoms with E-state index in [1.54, 1.807) is 0 Å². The molecule has 0 spiro atoms. The summed E-state index contributed by atoms with van der Waals surface area (Å²) in [6, 6.07) is 0. The van der Waals surface area contributed by atoms with Gasteiger partial charge in [0.05, 0.1) is 0 Å². The van der Waals surface area contributed by atoms with Crippen LogP contribution in [0.4, 0.5) is 0 Å². The maximum absolute atomic E-state index is 3.66. The number of rotatable bonds is 5. The van der Waals surface area contributed by atoms with E-state index in [1.165, 1.54) is 51.5 Å². The van der Waals surface area contributed by atoms with Crippen molar-refractivity contribution in [1.82, 2.24) is 5.32 Å². The van der Waals surface area contributed by atoms with Crippen LogP contribution in [0.15, 0.2) is 0 Å². The maximum Gasteiger partial charge on any atom is 0.0127 e. The molecule has 14 heavy (non-hydrogen) atoms. The minimum atomic E-state index is 0.359. The van der Waals surface area contributed by atoms with E-state index >= 15 is 0 Å². The van der Waals surface area contributed by atoms with Crippen molar-refractivity contribution < 1.29 is 0 Å². The minimum Gasteiger partial charge on any atom is -0.312 e. The topological polar surface area (TPSA) is 12.0 Å². The van der Waals surface area contributed by atoms with E-state index in [0.29, 0.717) is 5.54 Å². The second-order valence-electron chi connectivity index (χ2n) is 5.52. The molecule has 0 unspecified atom stereocenters. The van der Waals surface area contributed by atoms with Gasteiger partial charge in [0.15, 0.2) is 0 Å². The van der Waals surface area contributed by atoms with Gasteiger partial charge in [-0.15, -0.1) is 0 Å². The Bertz CT molecular complexity index is 145. The summed E-state index contributed by atoms with van der Waals surface area (Å²) in [5.74, 6) is 0.989. The van der Waals surface area contributed by atoms with Crippen molar-refractivity contribution >= 4 is 0 Å². The van der Waals surface area contributed by atoms with Gasteiger partial charge in [0, 0.05) is 5.54 Å². The molecule has 0 saturated heterocycles. The highest BCUT2D eigenvalue weighted by atomic mass is 14.9. The molecule has 0 aromatic carbocycles. The lowest BCUT2D eigenvalue weighted by Crippen LogP contribution is -2.41. The van der Waals surface area contributed by atoms with Crippen molar-refractivity contribution in [3.05, 3.63) is 0 Å². The van der Waals surface area contributed by atoms with Gasteiger partial charge in [-0.1, -0.05) is 39.0 Å². The molecule has 1 rings (SSSR count). The lowest BCUT2D eigenvalue weighted by molar-refractivity contribution is 0.247. The van der Waals surface area contributed by atoms with Gasteiger partial charge < -0.3 is 5.32 Å². The first-order valence-corrected chi connectivity index (χ1v) is 6.39. The first-order valence-electron chi connectivity index (χ1n) is 6.39. The molecule has 0 heterocycles. The van der Waals surface area contributed by atoms with Gasteiger partial charge in [-0.3, -0.25) is 0 Å². The van der Waals surface area contributed by atoms with E-state index in [4.69, 9.17) is 0 Å². The van der Waals surface area contributed by atoms with Gasteiger partial charge in [-0.05, 0) is 39.2 Å². The molecule has 1 fully saturated rings. The summed E-state index contributed by atoms with van der Waals surface area (Å²) in [7, 11) is 0. The van der Waals surface area contributed by atoms with Crippen LogP contribution < -0.4 is 5.32 Å². The summed E-state index contributed by atoms with van der Waals surface area (Å²) < 4.78 is 0. The third-order valence-corrected chi connectivity index (χ3v) is 3.38. The first kappa shape index (κ1) is 12.0. The molecule has 0 aromatic rings. The zero-order valence-electron chi connectivity index (χ0n) is 10.2. The van der Waals surface area contributed by atoms with Crippen molar-refractivity contribution in [3.63, 3.8) is 0 Å². The largest absolute Gasteiger partial charge is 0.312 e.